The molecule has 21 heavy (non-hydrogen) atoms. The highest BCUT2D eigenvalue weighted by molar-refractivity contribution is 5.78. The summed E-state index contributed by atoms with van der Waals surface area (Å²) in [7, 11) is 0. The van der Waals surface area contributed by atoms with Gasteiger partial charge in [0.1, 0.15) is 5.82 Å². The fourth-order valence-electron chi connectivity index (χ4n) is 2.36. The number of imidazole rings is 1. The quantitative estimate of drug-likeness (QED) is 0.885. The van der Waals surface area contributed by atoms with Crippen LogP contribution in [0.2, 0.25) is 0 Å². The minimum atomic E-state index is -0.199. The third kappa shape index (κ3) is 4.04. The van der Waals surface area contributed by atoms with Crippen LogP contribution in [0.25, 0.3) is 11.0 Å². The maximum atomic E-state index is 11.8. The fraction of sp³-hybridized carbons (Fsp3) is 0.500. The van der Waals surface area contributed by atoms with Crippen molar-refractivity contribution >= 4 is 16.9 Å². The van der Waals surface area contributed by atoms with E-state index < -0.39 is 0 Å². The van der Waals surface area contributed by atoms with Gasteiger partial charge < -0.3 is 15.2 Å². The first-order chi connectivity index (χ1) is 9.90. The predicted octanol–water partition coefficient (Wildman–Crippen LogP) is 2.06. The van der Waals surface area contributed by atoms with Gasteiger partial charge in [-0.25, -0.2) is 4.98 Å². The van der Waals surface area contributed by atoms with Crippen molar-refractivity contribution in [2.75, 3.05) is 6.54 Å². The number of benzene rings is 1. The number of rotatable bonds is 5. The molecule has 0 aliphatic rings. The van der Waals surface area contributed by atoms with Gasteiger partial charge in [-0.05, 0) is 39.8 Å². The van der Waals surface area contributed by atoms with E-state index in [1.54, 1.807) is 0 Å². The monoisotopic (exact) mass is 288 g/mol. The molecule has 5 nitrogen and oxygen atoms in total. The minimum Gasteiger partial charge on any atom is -0.350 e. The van der Waals surface area contributed by atoms with Gasteiger partial charge in [-0.1, -0.05) is 12.1 Å². The molecule has 0 radical (unpaired) electrons. The molecule has 0 saturated heterocycles. The van der Waals surface area contributed by atoms with E-state index >= 15 is 0 Å². The highest BCUT2D eigenvalue weighted by Crippen LogP contribution is 2.15. The molecular formula is C16H24N4O. The number of carbonyl (C=O) groups is 1. The van der Waals surface area contributed by atoms with E-state index in [9.17, 15) is 4.79 Å². The topological polar surface area (TPSA) is 59.0 Å². The molecule has 0 aliphatic carbocycles. The molecule has 1 amide bonds. The fourth-order valence-corrected chi connectivity index (χ4v) is 2.36. The third-order valence-corrected chi connectivity index (χ3v) is 3.13. The molecule has 0 atom stereocenters. The first-order valence-corrected chi connectivity index (χ1v) is 7.36. The zero-order valence-corrected chi connectivity index (χ0v) is 13.2. The number of fused-ring (bicyclic) bond motifs is 1. The van der Waals surface area contributed by atoms with Gasteiger partial charge in [0.15, 0.2) is 0 Å². The number of aryl methyl sites for hydroxylation is 1. The molecule has 0 saturated carbocycles. The second kappa shape index (κ2) is 6.26. The zero-order chi connectivity index (χ0) is 15.5. The first kappa shape index (κ1) is 15.5. The molecule has 1 aromatic carbocycles. The average Bonchev–Trinajstić information content (AvgIpc) is 2.74. The van der Waals surface area contributed by atoms with Crippen LogP contribution in [0.4, 0.5) is 0 Å². The maximum absolute atomic E-state index is 11.8. The summed E-state index contributed by atoms with van der Waals surface area (Å²) in [6, 6.07) is 8.09. The van der Waals surface area contributed by atoms with Crippen molar-refractivity contribution < 1.29 is 4.79 Å². The van der Waals surface area contributed by atoms with Gasteiger partial charge in [-0.3, -0.25) is 4.79 Å². The van der Waals surface area contributed by atoms with Gasteiger partial charge in [-0.15, -0.1) is 0 Å². The third-order valence-electron chi connectivity index (χ3n) is 3.13. The van der Waals surface area contributed by atoms with Crippen molar-refractivity contribution in [1.82, 2.24) is 20.2 Å². The van der Waals surface area contributed by atoms with E-state index in [1.165, 1.54) is 0 Å². The summed E-state index contributed by atoms with van der Waals surface area (Å²) in [6.07, 6.45) is 0. The smallest absolute Gasteiger partial charge is 0.234 e. The average molecular weight is 288 g/mol. The van der Waals surface area contributed by atoms with Gasteiger partial charge in [0.2, 0.25) is 5.91 Å². The van der Waals surface area contributed by atoms with Crippen molar-refractivity contribution in [3.05, 3.63) is 30.1 Å². The van der Waals surface area contributed by atoms with Gasteiger partial charge in [0.05, 0.1) is 24.1 Å². The maximum Gasteiger partial charge on any atom is 0.234 e. The lowest BCUT2D eigenvalue weighted by molar-refractivity contribution is -0.121. The molecule has 1 heterocycles. The molecular weight excluding hydrogens is 264 g/mol. The summed E-state index contributed by atoms with van der Waals surface area (Å²) in [6.45, 7) is 9.77. The molecule has 0 fully saturated rings. The van der Waals surface area contributed by atoms with Crippen molar-refractivity contribution in [2.45, 2.75) is 46.3 Å². The Labute approximate surface area is 125 Å². The van der Waals surface area contributed by atoms with Crippen LogP contribution in [0.3, 0.4) is 0 Å². The van der Waals surface area contributed by atoms with E-state index in [1.807, 2.05) is 39.0 Å². The summed E-state index contributed by atoms with van der Waals surface area (Å²) < 4.78 is 2.17. The summed E-state index contributed by atoms with van der Waals surface area (Å²) in [5, 5.41) is 6.10. The van der Waals surface area contributed by atoms with E-state index in [-0.39, 0.29) is 11.4 Å². The van der Waals surface area contributed by atoms with E-state index in [4.69, 9.17) is 0 Å². The number of amides is 1. The highest BCUT2D eigenvalue weighted by Gasteiger charge is 2.14. The molecule has 2 rings (SSSR count). The van der Waals surface area contributed by atoms with Crippen LogP contribution in [0.5, 0.6) is 0 Å². The Morgan fingerprint density at radius 3 is 2.67 bits per heavy atom. The van der Waals surface area contributed by atoms with E-state index in [2.05, 4.69) is 33.2 Å². The molecule has 0 aliphatic heterocycles. The standard InChI is InChI=1S/C16H24N4O/c1-5-20-13-9-7-6-8-12(13)18-14(20)10-17-11-15(21)19-16(2,3)4/h6-9,17H,5,10-11H2,1-4H3,(H,19,21). The second-order valence-electron chi connectivity index (χ2n) is 6.16. The van der Waals surface area contributed by atoms with Gasteiger partial charge in [0.25, 0.3) is 0 Å². The molecule has 5 heteroatoms. The number of nitrogens with one attached hydrogen (secondary N) is 2. The second-order valence-corrected chi connectivity index (χ2v) is 6.16. The Morgan fingerprint density at radius 2 is 2.00 bits per heavy atom. The van der Waals surface area contributed by atoms with E-state index in [0.29, 0.717) is 13.1 Å². The molecule has 0 unspecified atom stereocenters. The van der Waals surface area contributed by atoms with E-state index in [0.717, 1.165) is 23.4 Å². The Hall–Kier alpha value is -1.88. The molecule has 0 bridgehead atoms. The van der Waals surface area contributed by atoms with Gasteiger partial charge >= 0.3 is 0 Å². The number of nitrogens with zero attached hydrogens (tertiary/aromatic N) is 2. The Balaban J connectivity index is 1.99. The minimum absolute atomic E-state index is 0.00154. The predicted molar refractivity (Wildman–Crippen MR) is 85.0 cm³/mol. The lowest BCUT2D eigenvalue weighted by atomic mass is 10.1. The molecule has 2 N–H and O–H groups in total. The lowest BCUT2D eigenvalue weighted by Crippen LogP contribution is -2.44. The van der Waals surface area contributed by atoms with Crippen LogP contribution < -0.4 is 10.6 Å². The number of hydrogen-bond acceptors (Lipinski definition) is 3. The first-order valence-electron chi connectivity index (χ1n) is 7.36. The normalized spacial score (nSPS) is 11.8. The van der Waals surface area contributed by atoms with Crippen LogP contribution in [-0.4, -0.2) is 27.5 Å². The largest absolute Gasteiger partial charge is 0.350 e. The molecule has 114 valence electrons. The lowest BCUT2D eigenvalue weighted by Gasteiger charge is -2.20. The van der Waals surface area contributed by atoms with Crippen molar-refractivity contribution in [2.24, 2.45) is 0 Å². The van der Waals surface area contributed by atoms with Crippen molar-refractivity contribution in [3.8, 4) is 0 Å². The van der Waals surface area contributed by atoms with Gasteiger partial charge in [0, 0.05) is 12.1 Å². The van der Waals surface area contributed by atoms with Crippen LogP contribution in [0, 0.1) is 0 Å². The number of para-hydroxylation sites is 2. The molecule has 2 aromatic rings. The van der Waals surface area contributed by atoms with Gasteiger partial charge in [-0.2, -0.15) is 0 Å². The molecule has 1 aromatic heterocycles. The van der Waals surface area contributed by atoms with Crippen LogP contribution >= 0.6 is 0 Å². The summed E-state index contributed by atoms with van der Waals surface area (Å²) in [4.78, 5) is 16.4. The summed E-state index contributed by atoms with van der Waals surface area (Å²) in [5.41, 5.74) is 1.93. The van der Waals surface area contributed by atoms with Crippen LogP contribution in [0.1, 0.15) is 33.5 Å². The zero-order valence-electron chi connectivity index (χ0n) is 13.2. The summed E-state index contributed by atoms with van der Waals surface area (Å²) >= 11 is 0. The Bertz CT molecular complexity index is 625. The van der Waals surface area contributed by atoms with Crippen molar-refractivity contribution in [3.63, 3.8) is 0 Å². The SMILES string of the molecule is CCn1c(CNCC(=O)NC(C)(C)C)nc2ccccc21. The Kier molecular flexibility index (Phi) is 4.63. The summed E-state index contributed by atoms with van der Waals surface area (Å²) in [5.74, 6) is 0.962. The molecule has 0 spiro atoms. The van der Waals surface area contributed by atoms with Crippen LogP contribution in [0.15, 0.2) is 24.3 Å². The van der Waals surface area contributed by atoms with Crippen LogP contribution in [-0.2, 0) is 17.9 Å². The number of aromatic nitrogens is 2. The van der Waals surface area contributed by atoms with Crippen molar-refractivity contribution in [1.29, 1.82) is 0 Å². The number of hydrogen-bond donors (Lipinski definition) is 2. The number of carbonyl (C=O) groups excluding carboxylic acids is 1. The highest BCUT2D eigenvalue weighted by atomic mass is 16.2. The Morgan fingerprint density at radius 1 is 1.29 bits per heavy atom.